The number of hydrogen-bond acceptors (Lipinski definition) is 1. The number of hydrogen-bond donors (Lipinski definition) is 0. The first-order chi connectivity index (χ1) is 8.66. The second-order valence-electron chi connectivity index (χ2n) is 5.44. The third-order valence-electron chi connectivity index (χ3n) is 3.90. The Morgan fingerprint density at radius 1 is 1.22 bits per heavy atom. The minimum absolute atomic E-state index is 0.339. The van der Waals surface area contributed by atoms with E-state index in [0.29, 0.717) is 18.2 Å². The van der Waals surface area contributed by atoms with E-state index < -0.39 is 0 Å². The van der Waals surface area contributed by atoms with E-state index in [1.165, 1.54) is 24.0 Å². The van der Waals surface area contributed by atoms with Gasteiger partial charge < -0.3 is 4.90 Å². The maximum Gasteiger partial charge on any atom is 0.222 e. The van der Waals surface area contributed by atoms with E-state index in [1.807, 2.05) is 4.90 Å². The molecule has 1 aliphatic heterocycles. The number of amides is 1. The lowest BCUT2D eigenvalue weighted by atomic mass is 9.95. The van der Waals surface area contributed by atoms with Crippen molar-refractivity contribution in [3.8, 4) is 0 Å². The van der Waals surface area contributed by atoms with Gasteiger partial charge in [-0.15, -0.1) is 0 Å². The molecular weight excluding hydrogens is 222 g/mol. The Hall–Kier alpha value is -1.31. The summed E-state index contributed by atoms with van der Waals surface area (Å²) in [5.74, 6) is 0.809. The highest BCUT2D eigenvalue weighted by molar-refractivity contribution is 5.76. The predicted octanol–water partition coefficient (Wildman–Crippen LogP) is 3.50. The molecular formula is C16H23NO. The van der Waals surface area contributed by atoms with Gasteiger partial charge >= 0.3 is 0 Å². The molecule has 0 saturated carbocycles. The van der Waals surface area contributed by atoms with Crippen molar-refractivity contribution in [1.29, 1.82) is 0 Å². The number of carbonyl (C=O) groups excluding carboxylic acids is 1. The average molecular weight is 245 g/mol. The van der Waals surface area contributed by atoms with Crippen LogP contribution in [0.25, 0.3) is 0 Å². The fourth-order valence-electron chi connectivity index (χ4n) is 2.53. The van der Waals surface area contributed by atoms with Crippen LogP contribution in [0.15, 0.2) is 24.3 Å². The van der Waals surface area contributed by atoms with Crippen molar-refractivity contribution in [3.63, 3.8) is 0 Å². The summed E-state index contributed by atoms with van der Waals surface area (Å²) in [6.07, 6.45) is 4.01. The quantitative estimate of drug-likeness (QED) is 0.795. The Morgan fingerprint density at radius 3 is 2.44 bits per heavy atom. The highest BCUT2D eigenvalue weighted by atomic mass is 16.2. The number of rotatable bonds is 4. The van der Waals surface area contributed by atoms with Gasteiger partial charge in [-0.1, -0.05) is 36.8 Å². The molecule has 1 amide bonds. The molecule has 2 rings (SSSR count). The highest BCUT2D eigenvalue weighted by Gasteiger charge is 2.18. The van der Waals surface area contributed by atoms with Crippen LogP contribution in [0.4, 0.5) is 0 Å². The standard InChI is InChI=1S/C16H23NO/c1-13-5-8-15(9-6-13)14(2)7-10-16(18)17-11-3-4-12-17/h5-6,8-9,14H,3-4,7,10-12H2,1-2H3/t14-/m0/s1. The molecule has 1 heterocycles. The Bertz CT molecular complexity index is 390. The van der Waals surface area contributed by atoms with E-state index in [2.05, 4.69) is 38.1 Å². The van der Waals surface area contributed by atoms with Gasteiger partial charge in [0.05, 0.1) is 0 Å². The average Bonchev–Trinajstić information content (AvgIpc) is 2.90. The molecule has 1 fully saturated rings. The Balaban J connectivity index is 1.82. The second-order valence-corrected chi connectivity index (χ2v) is 5.44. The summed E-state index contributed by atoms with van der Waals surface area (Å²) in [5.41, 5.74) is 2.63. The smallest absolute Gasteiger partial charge is 0.222 e. The highest BCUT2D eigenvalue weighted by Crippen LogP contribution is 2.22. The first kappa shape index (κ1) is 13.1. The van der Waals surface area contributed by atoms with Gasteiger partial charge in [-0.25, -0.2) is 0 Å². The molecule has 2 heteroatoms. The number of benzene rings is 1. The fraction of sp³-hybridized carbons (Fsp3) is 0.562. The maximum absolute atomic E-state index is 12.0. The third kappa shape index (κ3) is 3.34. The summed E-state index contributed by atoms with van der Waals surface area (Å²) < 4.78 is 0. The van der Waals surface area contributed by atoms with Crippen molar-refractivity contribution in [2.75, 3.05) is 13.1 Å². The summed E-state index contributed by atoms with van der Waals surface area (Å²) in [4.78, 5) is 14.0. The summed E-state index contributed by atoms with van der Waals surface area (Å²) >= 11 is 0. The van der Waals surface area contributed by atoms with Crippen LogP contribution in [-0.4, -0.2) is 23.9 Å². The molecule has 0 spiro atoms. The zero-order chi connectivity index (χ0) is 13.0. The summed E-state index contributed by atoms with van der Waals surface area (Å²) in [6, 6.07) is 8.66. The Kier molecular flexibility index (Phi) is 4.40. The van der Waals surface area contributed by atoms with E-state index in [1.54, 1.807) is 0 Å². The van der Waals surface area contributed by atoms with Crippen LogP contribution in [0.1, 0.15) is 49.7 Å². The fourth-order valence-corrected chi connectivity index (χ4v) is 2.53. The normalized spacial score (nSPS) is 16.9. The number of likely N-dealkylation sites (tertiary alicyclic amines) is 1. The van der Waals surface area contributed by atoms with Crippen LogP contribution in [0, 0.1) is 6.92 Å². The number of nitrogens with zero attached hydrogens (tertiary/aromatic N) is 1. The lowest BCUT2D eigenvalue weighted by molar-refractivity contribution is -0.130. The first-order valence-corrected chi connectivity index (χ1v) is 7.01. The van der Waals surface area contributed by atoms with Crippen LogP contribution >= 0.6 is 0 Å². The molecule has 18 heavy (non-hydrogen) atoms. The molecule has 0 aromatic heterocycles. The minimum atomic E-state index is 0.339. The minimum Gasteiger partial charge on any atom is -0.343 e. The number of carbonyl (C=O) groups is 1. The Labute approximate surface area is 110 Å². The van der Waals surface area contributed by atoms with E-state index in [4.69, 9.17) is 0 Å². The van der Waals surface area contributed by atoms with Gasteiger partial charge in [0, 0.05) is 19.5 Å². The lowest BCUT2D eigenvalue weighted by Crippen LogP contribution is -2.27. The molecule has 0 aliphatic carbocycles. The molecule has 98 valence electrons. The predicted molar refractivity (Wildman–Crippen MR) is 74.6 cm³/mol. The van der Waals surface area contributed by atoms with Crippen molar-refractivity contribution < 1.29 is 4.79 Å². The van der Waals surface area contributed by atoms with Crippen LogP contribution in [0.2, 0.25) is 0 Å². The second kappa shape index (κ2) is 6.03. The van der Waals surface area contributed by atoms with Crippen LogP contribution < -0.4 is 0 Å². The SMILES string of the molecule is Cc1ccc([C@@H](C)CCC(=O)N2CCCC2)cc1. The lowest BCUT2D eigenvalue weighted by Gasteiger charge is -2.17. The zero-order valence-electron chi connectivity index (χ0n) is 11.5. The van der Waals surface area contributed by atoms with Crippen molar-refractivity contribution in [3.05, 3.63) is 35.4 Å². The van der Waals surface area contributed by atoms with Gasteiger partial charge in [0.25, 0.3) is 0 Å². The van der Waals surface area contributed by atoms with Gasteiger partial charge in [0.15, 0.2) is 0 Å². The summed E-state index contributed by atoms with van der Waals surface area (Å²) in [7, 11) is 0. The molecule has 0 bridgehead atoms. The van der Waals surface area contributed by atoms with Gasteiger partial charge in [-0.3, -0.25) is 4.79 Å². The van der Waals surface area contributed by atoms with E-state index in [0.717, 1.165) is 19.5 Å². The van der Waals surface area contributed by atoms with Crippen molar-refractivity contribution in [2.45, 2.75) is 45.4 Å². The van der Waals surface area contributed by atoms with E-state index in [9.17, 15) is 4.79 Å². The third-order valence-corrected chi connectivity index (χ3v) is 3.90. The topological polar surface area (TPSA) is 20.3 Å². The molecule has 1 aliphatic rings. The summed E-state index contributed by atoms with van der Waals surface area (Å²) in [5, 5.41) is 0. The molecule has 2 nitrogen and oxygen atoms in total. The van der Waals surface area contributed by atoms with Gasteiger partial charge in [0.2, 0.25) is 5.91 Å². The van der Waals surface area contributed by atoms with Gasteiger partial charge in [-0.05, 0) is 37.7 Å². The Morgan fingerprint density at radius 2 is 1.83 bits per heavy atom. The first-order valence-electron chi connectivity index (χ1n) is 7.01. The van der Waals surface area contributed by atoms with Gasteiger partial charge in [0.1, 0.15) is 0 Å². The molecule has 1 aromatic carbocycles. The zero-order valence-corrected chi connectivity index (χ0v) is 11.5. The maximum atomic E-state index is 12.0. The molecule has 1 saturated heterocycles. The molecule has 1 aromatic rings. The van der Waals surface area contributed by atoms with Crippen molar-refractivity contribution in [2.24, 2.45) is 0 Å². The van der Waals surface area contributed by atoms with Crippen LogP contribution in [0.5, 0.6) is 0 Å². The van der Waals surface area contributed by atoms with E-state index in [-0.39, 0.29) is 0 Å². The number of aryl methyl sites for hydroxylation is 1. The summed E-state index contributed by atoms with van der Waals surface area (Å²) in [6.45, 7) is 6.25. The van der Waals surface area contributed by atoms with Crippen molar-refractivity contribution >= 4 is 5.91 Å². The van der Waals surface area contributed by atoms with Crippen molar-refractivity contribution in [1.82, 2.24) is 4.90 Å². The van der Waals surface area contributed by atoms with Crippen LogP contribution in [0.3, 0.4) is 0 Å². The molecule has 1 atom stereocenters. The van der Waals surface area contributed by atoms with E-state index >= 15 is 0 Å². The monoisotopic (exact) mass is 245 g/mol. The van der Waals surface area contributed by atoms with Crippen LogP contribution in [-0.2, 0) is 4.79 Å². The molecule has 0 unspecified atom stereocenters. The molecule has 0 N–H and O–H groups in total. The van der Waals surface area contributed by atoms with Gasteiger partial charge in [-0.2, -0.15) is 0 Å². The molecule has 0 radical (unpaired) electrons. The largest absolute Gasteiger partial charge is 0.343 e.